The Morgan fingerprint density at radius 3 is 2.62 bits per heavy atom. The predicted octanol–water partition coefficient (Wildman–Crippen LogP) is 5.42. The van der Waals surface area contributed by atoms with Crippen molar-refractivity contribution < 1.29 is 13.6 Å². The van der Waals surface area contributed by atoms with Gasteiger partial charge in [0.2, 0.25) is 5.78 Å². The molecule has 0 saturated heterocycles. The molecule has 3 aromatic rings. The van der Waals surface area contributed by atoms with Gasteiger partial charge in [0.05, 0.1) is 10.0 Å². The van der Waals surface area contributed by atoms with Crippen LogP contribution in [0.15, 0.2) is 40.8 Å². The van der Waals surface area contributed by atoms with Crippen molar-refractivity contribution in [2.75, 3.05) is 0 Å². The van der Waals surface area contributed by atoms with Gasteiger partial charge in [0.25, 0.3) is 0 Å². The van der Waals surface area contributed by atoms with E-state index in [2.05, 4.69) is 0 Å². The van der Waals surface area contributed by atoms with E-state index in [0.29, 0.717) is 5.58 Å². The molecule has 106 valence electrons. The minimum absolute atomic E-state index is 0.0225. The fourth-order valence-electron chi connectivity index (χ4n) is 2.10. The van der Waals surface area contributed by atoms with E-state index in [1.54, 1.807) is 12.1 Å². The lowest BCUT2D eigenvalue weighted by Gasteiger charge is -2.02. The Kier molecular flexibility index (Phi) is 3.47. The molecule has 0 radical (unpaired) electrons. The van der Waals surface area contributed by atoms with E-state index >= 15 is 0 Å². The molecule has 2 nitrogen and oxygen atoms in total. The van der Waals surface area contributed by atoms with E-state index in [-0.39, 0.29) is 21.4 Å². The molecule has 0 bridgehead atoms. The highest BCUT2D eigenvalue weighted by Gasteiger charge is 2.19. The van der Waals surface area contributed by atoms with Gasteiger partial charge in [-0.05, 0) is 37.3 Å². The minimum atomic E-state index is -0.698. The molecule has 21 heavy (non-hydrogen) atoms. The minimum Gasteiger partial charge on any atom is -0.453 e. The monoisotopic (exact) mass is 322 g/mol. The average Bonchev–Trinajstić information content (AvgIpc) is 2.85. The highest BCUT2D eigenvalue weighted by Crippen LogP contribution is 2.28. The number of fused-ring (bicyclic) bond motifs is 1. The first kappa shape index (κ1) is 14.1. The topological polar surface area (TPSA) is 30.2 Å². The average molecular weight is 323 g/mol. The summed E-state index contributed by atoms with van der Waals surface area (Å²) in [6.07, 6.45) is 0. The van der Waals surface area contributed by atoms with Crippen LogP contribution in [0, 0.1) is 12.7 Å². The fourth-order valence-corrected chi connectivity index (χ4v) is 2.57. The zero-order chi connectivity index (χ0) is 15.1. The predicted molar refractivity (Wildman–Crippen MR) is 80.8 cm³/mol. The van der Waals surface area contributed by atoms with Crippen molar-refractivity contribution in [3.05, 3.63) is 69.1 Å². The van der Waals surface area contributed by atoms with Crippen LogP contribution in [-0.2, 0) is 0 Å². The van der Waals surface area contributed by atoms with Crippen LogP contribution in [0.3, 0.4) is 0 Å². The molecule has 0 aliphatic carbocycles. The molecule has 0 atom stereocenters. The van der Waals surface area contributed by atoms with Crippen molar-refractivity contribution in [3.63, 3.8) is 0 Å². The fraction of sp³-hybridized carbons (Fsp3) is 0.0625. The van der Waals surface area contributed by atoms with Gasteiger partial charge in [0, 0.05) is 10.9 Å². The van der Waals surface area contributed by atoms with Gasteiger partial charge in [-0.1, -0.05) is 34.8 Å². The van der Waals surface area contributed by atoms with E-state index in [1.165, 1.54) is 6.07 Å². The second kappa shape index (κ2) is 5.17. The first-order valence-corrected chi connectivity index (χ1v) is 6.91. The Hall–Kier alpha value is -1.84. The molecule has 0 aliphatic rings. The Labute approximate surface area is 130 Å². The van der Waals surface area contributed by atoms with Gasteiger partial charge in [0.15, 0.2) is 5.76 Å². The molecular formula is C16H9Cl2FO2. The lowest BCUT2D eigenvalue weighted by molar-refractivity contribution is 0.101. The second-order valence-electron chi connectivity index (χ2n) is 4.73. The van der Waals surface area contributed by atoms with Gasteiger partial charge in [0.1, 0.15) is 11.4 Å². The Morgan fingerprint density at radius 1 is 1.10 bits per heavy atom. The summed E-state index contributed by atoms with van der Waals surface area (Å²) in [4.78, 5) is 12.4. The summed E-state index contributed by atoms with van der Waals surface area (Å²) >= 11 is 11.6. The summed E-state index contributed by atoms with van der Waals surface area (Å²) < 4.78 is 19.0. The highest BCUT2D eigenvalue weighted by molar-refractivity contribution is 6.37. The number of hydrogen-bond donors (Lipinski definition) is 0. The summed E-state index contributed by atoms with van der Waals surface area (Å²) in [5, 5.41) is 0.767. The standard InChI is InChI=1S/C16H9Cl2FO2/c1-8-2-3-14-9(4-8)5-15(21-14)16(20)10-6-13(19)12(18)7-11(10)17/h2-7H,1H3. The Balaban J connectivity index is 2.10. The molecule has 0 amide bonds. The first-order valence-electron chi connectivity index (χ1n) is 6.15. The van der Waals surface area contributed by atoms with E-state index in [1.807, 2.05) is 19.1 Å². The first-order chi connectivity index (χ1) is 9.95. The quantitative estimate of drug-likeness (QED) is 0.466. The van der Waals surface area contributed by atoms with Crippen LogP contribution in [-0.4, -0.2) is 5.78 Å². The van der Waals surface area contributed by atoms with Crippen LogP contribution in [0.4, 0.5) is 4.39 Å². The molecule has 0 N–H and O–H groups in total. The summed E-state index contributed by atoms with van der Waals surface area (Å²) in [6.45, 7) is 1.94. The molecule has 0 fully saturated rings. The molecule has 1 aromatic heterocycles. The van der Waals surface area contributed by atoms with Crippen LogP contribution in [0.2, 0.25) is 10.0 Å². The molecule has 0 saturated carbocycles. The van der Waals surface area contributed by atoms with E-state index in [9.17, 15) is 9.18 Å². The maximum atomic E-state index is 13.5. The van der Waals surface area contributed by atoms with E-state index in [4.69, 9.17) is 27.6 Å². The van der Waals surface area contributed by atoms with Gasteiger partial charge in [-0.25, -0.2) is 4.39 Å². The second-order valence-corrected chi connectivity index (χ2v) is 5.54. The molecule has 3 rings (SSSR count). The number of aryl methyl sites for hydroxylation is 1. The number of carbonyl (C=O) groups excluding carboxylic acids is 1. The number of ketones is 1. The van der Waals surface area contributed by atoms with Crippen molar-refractivity contribution in [3.8, 4) is 0 Å². The van der Waals surface area contributed by atoms with Gasteiger partial charge >= 0.3 is 0 Å². The van der Waals surface area contributed by atoms with Crippen molar-refractivity contribution in [1.82, 2.24) is 0 Å². The zero-order valence-corrected chi connectivity index (χ0v) is 12.4. The molecule has 1 heterocycles. The smallest absolute Gasteiger partial charge is 0.229 e. The van der Waals surface area contributed by atoms with Crippen LogP contribution in [0.1, 0.15) is 21.7 Å². The molecule has 2 aromatic carbocycles. The third-order valence-corrected chi connectivity index (χ3v) is 3.75. The number of carbonyl (C=O) groups is 1. The summed E-state index contributed by atoms with van der Waals surface area (Å²) in [6, 6.07) is 9.41. The molecular weight excluding hydrogens is 314 g/mol. The number of benzene rings is 2. The number of hydrogen-bond acceptors (Lipinski definition) is 2. The zero-order valence-electron chi connectivity index (χ0n) is 10.9. The van der Waals surface area contributed by atoms with Gasteiger partial charge in [-0.3, -0.25) is 4.79 Å². The van der Waals surface area contributed by atoms with Crippen LogP contribution >= 0.6 is 23.2 Å². The Bertz CT molecular complexity index is 868. The lowest BCUT2D eigenvalue weighted by atomic mass is 10.1. The lowest BCUT2D eigenvalue weighted by Crippen LogP contribution is -2.01. The highest BCUT2D eigenvalue weighted by atomic mass is 35.5. The molecule has 0 spiro atoms. The third kappa shape index (κ3) is 2.55. The number of furan rings is 1. The SMILES string of the molecule is Cc1ccc2oc(C(=O)c3cc(F)c(Cl)cc3Cl)cc2c1. The summed E-state index contributed by atoms with van der Waals surface area (Å²) in [7, 11) is 0. The van der Waals surface area contributed by atoms with Crippen molar-refractivity contribution in [2.45, 2.75) is 6.92 Å². The van der Waals surface area contributed by atoms with E-state index < -0.39 is 11.6 Å². The Morgan fingerprint density at radius 2 is 1.86 bits per heavy atom. The summed E-state index contributed by atoms with van der Waals surface area (Å²) in [5.74, 6) is -1.07. The number of rotatable bonds is 2. The maximum absolute atomic E-state index is 13.5. The van der Waals surface area contributed by atoms with Crippen molar-refractivity contribution in [2.24, 2.45) is 0 Å². The molecule has 0 aliphatic heterocycles. The maximum Gasteiger partial charge on any atom is 0.229 e. The van der Waals surface area contributed by atoms with Crippen LogP contribution in [0.5, 0.6) is 0 Å². The largest absolute Gasteiger partial charge is 0.453 e. The van der Waals surface area contributed by atoms with Crippen LogP contribution < -0.4 is 0 Å². The van der Waals surface area contributed by atoms with Gasteiger partial charge in [-0.15, -0.1) is 0 Å². The van der Waals surface area contributed by atoms with Crippen molar-refractivity contribution >= 4 is 40.0 Å². The number of halogens is 3. The molecule has 5 heteroatoms. The van der Waals surface area contributed by atoms with Gasteiger partial charge < -0.3 is 4.42 Å². The van der Waals surface area contributed by atoms with Gasteiger partial charge in [-0.2, -0.15) is 0 Å². The normalized spacial score (nSPS) is 11.0. The molecule has 0 unspecified atom stereocenters. The van der Waals surface area contributed by atoms with Crippen molar-refractivity contribution in [1.29, 1.82) is 0 Å². The third-order valence-electron chi connectivity index (χ3n) is 3.15. The van der Waals surface area contributed by atoms with E-state index in [0.717, 1.165) is 17.0 Å². The van der Waals surface area contributed by atoms with Crippen LogP contribution in [0.25, 0.3) is 11.0 Å². The summed E-state index contributed by atoms with van der Waals surface area (Å²) in [5.41, 5.74) is 1.67.